The zero-order valence-corrected chi connectivity index (χ0v) is 12.2. The molecule has 7 heteroatoms. The van der Waals surface area contributed by atoms with Crippen molar-refractivity contribution in [3.63, 3.8) is 0 Å². The van der Waals surface area contributed by atoms with Gasteiger partial charge >= 0.3 is 5.97 Å². The predicted octanol–water partition coefficient (Wildman–Crippen LogP) is 1.58. The van der Waals surface area contributed by atoms with Gasteiger partial charge in [-0.1, -0.05) is 18.6 Å². The Bertz CT molecular complexity index is 678. The molecule has 112 valence electrons. The number of carboxylic acids is 1. The number of nitrogens with zero attached hydrogens (tertiary/aromatic N) is 2. The highest BCUT2D eigenvalue weighted by Gasteiger charge is 2.35. The fourth-order valence-corrected chi connectivity index (χ4v) is 4.44. The van der Waals surface area contributed by atoms with Crippen LogP contribution in [-0.4, -0.2) is 36.4 Å². The van der Waals surface area contributed by atoms with Crippen LogP contribution in [0.3, 0.4) is 0 Å². The molecule has 1 fully saturated rings. The van der Waals surface area contributed by atoms with E-state index in [0.717, 1.165) is 6.42 Å². The summed E-state index contributed by atoms with van der Waals surface area (Å²) in [5, 5.41) is 18.0. The number of benzene rings is 1. The summed E-state index contributed by atoms with van der Waals surface area (Å²) in [6.07, 6.45) is 1.82. The van der Waals surface area contributed by atoms with Crippen molar-refractivity contribution in [3.8, 4) is 6.07 Å². The first-order chi connectivity index (χ1) is 9.96. The predicted molar refractivity (Wildman–Crippen MR) is 74.9 cm³/mol. The maximum absolute atomic E-state index is 12.7. The van der Waals surface area contributed by atoms with Gasteiger partial charge in [-0.3, -0.25) is 4.79 Å². The number of piperidine rings is 1. The first kappa shape index (κ1) is 15.5. The van der Waals surface area contributed by atoms with Crippen LogP contribution >= 0.6 is 0 Å². The lowest BCUT2D eigenvalue weighted by Crippen LogP contribution is -2.44. The number of rotatable bonds is 4. The summed E-state index contributed by atoms with van der Waals surface area (Å²) in [6.45, 7) is 0.292. The molecule has 0 saturated carbocycles. The van der Waals surface area contributed by atoms with E-state index < -0.39 is 22.0 Å². The van der Waals surface area contributed by atoms with Gasteiger partial charge in [0.2, 0.25) is 10.0 Å². The molecule has 1 N–H and O–H groups in total. The van der Waals surface area contributed by atoms with Gasteiger partial charge in [-0.15, -0.1) is 0 Å². The molecule has 0 spiro atoms. The number of hydrogen-bond donors (Lipinski definition) is 1. The van der Waals surface area contributed by atoms with E-state index in [1.165, 1.54) is 16.4 Å². The maximum atomic E-state index is 12.7. The standard InChI is InChI=1S/C14H16N2O4S/c15-10-11-5-1-2-7-13(11)21(19,20)16-8-4-3-6-12(16)9-14(17)18/h1-2,5,7,12H,3-4,6,8-9H2,(H,17,18). The van der Waals surface area contributed by atoms with E-state index in [1.54, 1.807) is 12.1 Å². The Morgan fingerprint density at radius 3 is 2.76 bits per heavy atom. The van der Waals surface area contributed by atoms with Crippen molar-refractivity contribution < 1.29 is 18.3 Å². The second-order valence-electron chi connectivity index (χ2n) is 4.97. The van der Waals surface area contributed by atoms with E-state index in [2.05, 4.69) is 0 Å². The second-order valence-corrected chi connectivity index (χ2v) is 6.83. The van der Waals surface area contributed by atoms with Crippen molar-refractivity contribution in [1.82, 2.24) is 4.31 Å². The van der Waals surface area contributed by atoms with Gasteiger partial charge in [0, 0.05) is 12.6 Å². The first-order valence-electron chi connectivity index (χ1n) is 6.69. The van der Waals surface area contributed by atoms with E-state index >= 15 is 0 Å². The normalized spacial score (nSPS) is 19.9. The van der Waals surface area contributed by atoms with Gasteiger partial charge in [0.25, 0.3) is 0 Å². The van der Waals surface area contributed by atoms with Crippen molar-refractivity contribution in [2.24, 2.45) is 0 Å². The fraction of sp³-hybridized carbons (Fsp3) is 0.429. The molecule has 1 heterocycles. The molecule has 0 radical (unpaired) electrons. The third-order valence-corrected chi connectivity index (χ3v) is 5.59. The number of nitriles is 1. The van der Waals surface area contributed by atoms with Crippen molar-refractivity contribution in [2.75, 3.05) is 6.54 Å². The van der Waals surface area contributed by atoms with Gasteiger partial charge in [-0.2, -0.15) is 9.57 Å². The van der Waals surface area contributed by atoms with Crippen LogP contribution in [0, 0.1) is 11.3 Å². The molecule has 0 bridgehead atoms. The molecule has 1 aliphatic heterocycles. The Balaban J connectivity index is 2.41. The number of sulfonamides is 1. The molecule has 21 heavy (non-hydrogen) atoms. The Kier molecular flexibility index (Phi) is 4.60. The minimum atomic E-state index is -3.85. The molecular weight excluding hydrogens is 292 g/mol. The lowest BCUT2D eigenvalue weighted by Gasteiger charge is -2.34. The zero-order chi connectivity index (χ0) is 15.5. The van der Waals surface area contributed by atoms with Gasteiger partial charge in [-0.25, -0.2) is 8.42 Å². The fourth-order valence-electron chi connectivity index (χ4n) is 2.61. The minimum Gasteiger partial charge on any atom is -0.481 e. The Morgan fingerprint density at radius 1 is 1.38 bits per heavy atom. The lowest BCUT2D eigenvalue weighted by molar-refractivity contribution is -0.138. The van der Waals surface area contributed by atoms with E-state index in [4.69, 9.17) is 10.4 Å². The van der Waals surface area contributed by atoms with E-state index in [9.17, 15) is 13.2 Å². The second kappa shape index (κ2) is 6.24. The van der Waals surface area contributed by atoms with Crippen molar-refractivity contribution >= 4 is 16.0 Å². The molecule has 1 aliphatic rings. The van der Waals surface area contributed by atoms with Gasteiger partial charge in [0.1, 0.15) is 6.07 Å². The quantitative estimate of drug-likeness (QED) is 0.910. The Labute approximate surface area is 123 Å². The smallest absolute Gasteiger partial charge is 0.304 e. The van der Waals surface area contributed by atoms with Crippen LogP contribution < -0.4 is 0 Å². The third-order valence-electron chi connectivity index (χ3n) is 3.58. The summed E-state index contributed by atoms with van der Waals surface area (Å²) in [4.78, 5) is 10.9. The molecule has 1 saturated heterocycles. The third kappa shape index (κ3) is 3.23. The zero-order valence-electron chi connectivity index (χ0n) is 11.4. The van der Waals surface area contributed by atoms with E-state index in [1.807, 2.05) is 6.07 Å². The molecule has 1 aromatic rings. The number of carboxylic acid groups (broad SMARTS) is 1. The first-order valence-corrected chi connectivity index (χ1v) is 8.13. The molecule has 0 aliphatic carbocycles. The molecule has 1 unspecified atom stereocenters. The summed E-state index contributed by atoms with van der Waals surface area (Å²) in [6, 6.07) is 7.32. The number of hydrogen-bond acceptors (Lipinski definition) is 4. The highest BCUT2D eigenvalue weighted by molar-refractivity contribution is 7.89. The van der Waals surface area contributed by atoms with Gasteiger partial charge < -0.3 is 5.11 Å². The largest absolute Gasteiger partial charge is 0.481 e. The SMILES string of the molecule is N#Cc1ccccc1S(=O)(=O)N1CCCCC1CC(=O)O. The molecule has 6 nitrogen and oxygen atoms in total. The molecule has 0 aromatic heterocycles. The van der Waals surface area contributed by atoms with Crippen molar-refractivity contribution in [1.29, 1.82) is 5.26 Å². The van der Waals surface area contributed by atoms with Gasteiger partial charge in [0.15, 0.2) is 0 Å². The molecular formula is C14H16N2O4S. The monoisotopic (exact) mass is 308 g/mol. The van der Waals surface area contributed by atoms with Gasteiger partial charge in [0.05, 0.1) is 16.9 Å². The average Bonchev–Trinajstić information content (AvgIpc) is 2.47. The van der Waals surface area contributed by atoms with Crippen molar-refractivity contribution in [3.05, 3.63) is 29.8 Å². The Morgan fingerprint density at radius 2 is 2.10 bits per heavy atom. The average molecular weight is 308 g/mol. The number of aliphatic carboxylic acids is 1. The molecule has 1 atom stereocenters. The highest BCUT2D eigenvalue weighted by atomic mass is 32.2. The minimum absolute atomic E-state index is 0.0511. The topological polar surface area (TPSA) is 98.5 Å². The summed E-state index contributed by atoms with van der Waals surface area (Å²) in [5.74, 6) is -1.02. The van der Waals surface area contributed by atoms with E-state index in [-0.39, 0.29) is 16.9 Å². The molecule has 2 rings (SSSR count). The summed E-state index contributed by atoms with van der Waals surface area (Å²) in [5.41, 5.74) is 0.0807. The molecule has 1 aromatic carbocycles. The van der Waals surface area contributed by atoms with Crippen LogP contribution in [0.4, 0.5) is 0 Å². The molecule has 0 amide bonds. The summed E-state index contributed by atoms with van der Waals surface area (Å²) in [7, 11) is -3.85. The van der Waals surface area contributed by atoms with Crippen LogP contribution in [0.5, 0.6) is 0 Å². The summed E-state index contributed by atoms with van der Waals surface area (Å²) < 4.78 is 26.7. The highest BCUT2D eigenvalue weighted by Crippen LogP contribution is 2.28. The van der Waals surface area contributed by atoms with Crippen LogP contribution in [0.15, 0.2) is 29.2 Å². The van der Waals surface area contributed by atoms with Gasteiger partial charge in [-0.05, 0) is 25.0 Å². The number of carbonyl (C=O) groups is 1. The van der Waals surface area contributed by atoms with Crippen LogP contribution in [-0.2, 0) is 14.8 Å². The van der Waals surface area contributed by atoms with Crippen molar-refractivity contribution in [2.45, 2.75) is 36.6 Å². The van der Waals surface area contributed by atoms with Crippen LogP contribution in [0.1, 0.15) is 31.2 Å². The van der Waals surface area contributed by atoms with Crippen LogP contribution in [0.25, 0.3) is 0 Å². The maximum Gasteiger partial charge on any atom is 0.304 e. The Hall–Kier alpha value is -1.91. The van der Waals surface area contributed by atoms with Crippen LogP contribution in [0.2, 0.25) is 0 Å². The summed E-state index contributed by atoms with van der Waals surface area (Å²) >= 11 is 0. The lowest BCUT2D eigenvalue weighted by atomic mass is 10.0. The van der Waals surface area contributed by atoms with E-state index in [0.29, 0.717) is 19.4 Å².